The fourth-order valence-corrected chi connectivity index (χ4v) is 3.57. The zero-order chi connectivity index (χ0) is 14.8. The van der Waals surface area contributed by atoms with Crippen molar-refractivity contribution < 1.29 is 4.74 Å². The monoisotopic (exact) mass is 310 g/mol. The maximum Gasteiger partial charge on any atom is 0.107 e. The van der Waals surface area contributed by atoms with Crippen LogP contribution < -0.4 is 11.1 Å². The van der Waals surface area contributed by atoms with Crippen molar-refractivity contribution in [2.75, 3.05) is 18.2 Å². The number of thiocarbonyl (C=S) groups is 1. The summed E-state index contributed by atoms with van der Waals surface area (Å²) in [5, 5.41) is 3.60. The number of hydrogen-bond donors (Lipinski definition) is 2. The number of anilines is 1. The van der Waals surface area contributed by atoms with Crippen molar-refractivity contribution in [1.82, 2.24) is 0 Å². The second kappa shape index (κ2) is 6.33. The summed E-state index contributed by atoms with van der Waals surface area (Å²) in [6.45, 7) is 5.05. The van der Waals surface area contributed by atoms with Crippen molar-refractivity contribution in [3.05, 3.63) is 23.8 Å². The van der Waals surface area contributed by atoms with Gasteiger partial charge in [0.05, 0.1) is 5.60 Å². The fourth-order valence-electron chi connectivity index (χ4n) is 2.65. The van der Waals surface area contributed by atoms with Gasteiger partial charge in [-0.05, 0) is 45.1 Å². The van der Waals surface area contributed by atoms with Crippen LogP contribution in [0.2, 0.25) is 0 Å². The van der Waals surface area contributed by atoms with Gasteiger partial charge in [0.2, 0.25) is 0 Å². The Balaban J connectivity index is 2.23. The highest BCUT2D eigenvalue weighted by atomic mass is 32.2. The molecule has 20 heavy (non-hydrogen) atoms. The first-order valence-electron chi connectivity index (χ1n) is 6.80. The van der Waals surface area contributed by atoms with E-state index in [0.29, 0.717) is 11.0 Å². The molecule has 0 radical (unpaired) electrons. The molecule has 0 aliphatic carbocycles. The van der Waals surface area contributed by atoms with Gasteiger partial charge in [-0.15, -0.1) is 11.8 Å². The Morgan fingerprint density at radius 1 is 1.50 bits per heavy atom. The van der Waals surface area contributed by atoms with Crippen LogP contribution in [0.25, 0.3) is 0 Å². The lowest BCUT2D eigenvalue weighted by Gasteiger charge is -2.36. The minimum atomic E-state index is -0.0730. The Bertz CT molecular complexity index is 503. The van der Waals surface area contributed by atoms with Gasteiger partial charge in [-0.2, -0.15) is 0 Å². The first-order valence-corrected chi connectivity index (χ1v) is 8.43. The standard InChI is InChI=1S/C15H22N2OS2/c1-15(2)9-10(7-8-18-15)17-11-5-4-6-12(20-3)13(11)14(16)19/h4-6,10,17H,7-9H2,1-3H3,(H2,16,19). The van der Waals surface area contributed by atoms with E-state index < -0.39 is 0 Å². The summed E-state index contributed by atoms with van der Waals surface area (Å²) in [5.41, 5.74) is 7.82. The number of nitrogens with one attached hydrogen (secondary N) is 1. The molecule has 1 aromatic rings. The van der Waals surface area contributed by atoms with E-state index in [-0.39, 0.29) is 5.60 Å². The topological polar surface area (TPSA) is 47.3 Å². The third kappa shape index (κ3) is 3.65. The molecule has 1 aliphatic heterocycles. The van der Waals surface area contributed by atoms with Crippen LogP contribution in [0.15, 0.2) is 23.1 Å². The Hall–Kier alpha value is -0.780. The smallest absolute Gasteiger partial charge is 0.107 e. The molecule has 5 heteroatoms. The van der Waals surface area contributed by atoms with E-state index >= 15 is 0 Å². The van der Waals surface area contributed by atoms with E-state index in [0.717, 1.165) is 35.6 Å². The predicted molar refractivity (Wildman–Crippen MR) is 90.8 cm³/mol. The van der Waals surface area contributed by atoms with Gasteiger partial charge in [0.15, 0.2) is 0 Å². The van der Waals surface area contributed by atoms with Crippen molar-refractivity contribution in [2.45, 2.75) is 43.2 Å². The number of hydrogen-bond acceptors (Lipinski definition) is 4. The van der Waals surface area contributed by atoms with E-state index in [1.165, 1.54) is 0 Å². The van der Waals surface area contributed by atoms with Gasteiger partial charge in [0, 0.05) is 28.8 Å². The summed E-state index contributed by atoms with van der Waals surface area (Å²) in [6.07, 6.45) is 4.02. The first-order chi connectivity index (χ1) is 9.43. The van der Waals surface area contributed by atoms with E-state index in [1.54, 1.807) is 11.8 Å². The third-order valence-corrected chi connectivity index (χ3v) is 4.53. The highest BCUT2D eigenvalue weighted by Gasteiger charge is 2.29. The van der Waals surface area contributed by atoms with Crippen LogP contribution in [-0.4, -0.2) is 29.5 Å². The lowest BCUT2D eigenvalue weighted by molar-refractivity contribution is -0.0553. The van der Waals surface area contributed by atoms with Crippen molar-refractivity contribution >= 4 is 34.7 Å². The molecule has 0 saturated carbocycles. The Labute approximate surface area is 130 Å². The molecular weight excluding hydrogens is 288 g/mol. The Morgan fingerprint density at radius 2 is 2.25 bits per heavy atom. The van der Waals surface area contributed by atoms with E-state index in [4.69, 9.17) is 22.7 Å². The average Bonchev–Trinajstić information content (AvgIpc) is 2.36. The van der Waals surface area contributed by atoms with E-state index in [2.05, 4.69) is 31.3 Å². The molecule has 3 N–H and O–H groups in total. The van der Waals surface area contributed by atoms with Crippen LogP contribution in [0.5, 0.6) is 0 Å². The van der Waals surface area contributed by atoms with Crippen LogP contribution in [-0.2, 0) is 4.74 Å². The maximum atomic E-state index is 5.90. The molecular formula is C15H22N2OS2. The lowest BCUT2D eigenvalue weighted by Crippen LogP contribution is -2.40. The van der Waals surface area contributed by atoms with Crippen molar-refractivity contribution in [2.24, 2.45) is 5.73 Å². The molecule has 1 heterocycles. The minimum Gasteiger partial charge on any atom is -0.389 e. The average molecular weight is 310 g/mol. The molecule has 0 aromatic heterocycles. The molecule has 1 saturated heterocycles. The number of rotatable bonds is 4. The molecule has 1 unspecified atom stereocenters. The molecule has 1 aliphatic rings. The molecule has 1 fully saturated rings. The summed E-state index contributed by atoms with van der Waals surface area (Å²) < 4.78 is 5.76. The summed E-state index contributed by atoms with van der Waals surface area (Å²) in [5.74, 6) is 0. The zero-order valence-corrected chi connectivity index (χ0v) is 13.9. The summed E-state index contributed by atoms with van der Waals surface area (Å²) in [6, 6.07) is 6.54. The molecule has 0 amide bonds. The van der Waals surface area contributed by atoms with Gasteiger partial charge in [-0.3, -0.25) is 0 Å². The molecule has 2 rings (SSSR count). The van der Waals surface area contributed by atoms with Gasteiger partial charge < -0.3 is 15.8 Å². The second-order valence-electron chi connectivity index (χ2n) is 5.69. The van der Waals surface area contributed by atoms with Crippen molar-refractivity contribution in [3.8, 4) is 0 Å². The van der Waals surface area contributed by atoms with Gasteiger partial charge >= 0.3 is 0 Å². The normalized spacial score (nSPS) is 21.4. The fraction of sp³-hybridized carbons (Fsp3) is 0.533. The van der Waals surface area contributed by atoms with Crippen LogP contribution in [0.4, 0.5) is 5.69 Å². The van der Waals surface area contributed by atoms with Crippen molar-refractivity contribution in [1.29, 1.82) is 0 Å². The number of thioether (sulfide) groups is 1. The molecule has 0 spiro atoms. The second-order valence-corrected chi connectivity index (χ2v) is 6.98. The Kier molecular flexibility index (Phi) is 4.94. The molecule has 1 aromatic carbocycles. The highest BCUT2D eigenvalue weighted by Crippen LogP contribution is 2.31. The molecule has 110 valence electrons. The first kappa shape index (κ1) is 15.6. The van der Waals surface area contributed by atoms with Gasteiger partial charge in [0.25, 0.3) is 0 Å². The quantitative estimate of drug-likeness (QED) is 0.659. The van der Waals surface area contributed by atoms with E-state index in [9.17, 15) is 0 Å². The summed E-state index contributed by atoms with van der Waals surface area (Å²) in [7, 11) is 0. The summed E-state index contributed by atoms with van der Waals surface area (Å²) in [4.78, 5) is 1.57. The van der Waals surface area contributed by atoms with Crippen LogP contribution in [0.3, 0.4) is 0 Å². The van der Waals surface area contributed by atoms with Crippen LogP contribution >= 0.6 is 24.0 Å². The van der Waals surface area contributed by atoms with Crippen LogP contribution in [0, 0.1) is 0 Å². The maximum absolute atomic E-state index is 5.90. The minimum absolute atomic E-state index is 0.0730. The highest BCUT2D eigenvalue weighted by molar-refractivity contribution is 7.98. The van der Waals surface area contributed by atoms with E-state index in [1.807, 2.05) is 12.3 Å². The van der Waals surface area contributed by atoms with Gasteiger partial charge in [-0.1, -0.05) is 18.3 Å². The lowest BCUT2D eigenvalue weighted by atomic mass is 9.93. The number of nitrogens with two attached hydrogens (primary N) is 1. The van der Waals surface area contributed by atoms with Crippen LogP contribution in [0.1, 0.15) is 32.3 Å². The molecule has 1 atom stereocenters. The summed E-state index contributed by atoms with van der Waals surface area (Å²) >= 11 is 6.88. The SMILES string of the molecule is CSc1cccc(NC2CCOC(C)(C)C2)c1C(N)=S. The number of benzene rings is 1. The van der Waals surface area contributed by atoms with Gasteiger partial charge in [-0.25, -0.2) is 0 Å². The van der Waals surface area contributed by atoms with Gasteiger partial charge in [0.1, 0.15) is 4.99 Å². The third-order valence-electron chi connectivity index (χ3n) is 3.55. The zero-order valence-electron chi connectivity index (χ0n) is 12.2. The number of ether oxygens (including phenoxy) is 1. The molecule has 0 bridgehead atoms. The Morgan fingerprint density at radius 3 is 2.85 bits per heavy atom. The predicted octanol–water partition coefficient (Wildman–Crippen LogP) is 3.41. The molecule has 3 nitrogen and oxygen atoms in total. The largest absolute Gasteiger partial charge is 0.389 e. The van der Waals surface area contributed by atoms with Crippen molar-refractivity contribution in [3.63, 3.8) is 0 Å².